The van der Waals surface area contributed by atoms with Gasteiger partial charge < -0.3 is 5.73 Å². The molecule has 0 bridgehead atoms. The number of nitrogens with one attached hydrogen (secondary N) is 1. The SMILES string of the molecule is Nc1cc2c(cc1F)C(=O)C(C1CCC(=O)NC1=O)C2=O. The number of rotatable bonds is 1. The quantitative estimate of drug-likeness (QED) is 0.444. The van der Waals surface area contributed by atoms with Gasteiger partial charge in [-0.1, -0.05) is 0 Å². The van der Waals surface area contributed by atoms with E-state index in [0.29, 0.717) is 0 Å². The van der Waals surface area contributed by atoms with Crippen molar-refractivity contribution in [3.05, 3.63) is 29.1 Å². The van der Waals surface area contributed by atoms with E-state index in [4.69, 9.17) is 5.73 Å². The Balaban J connectivity index is 2.00. The Labute approximate surface area is 118 Å². The minimum absolute atomic E-state index is 0.0357. The molecule has 2 amide bonds. The summed E-state index contributed by atoms with van der Waals surface area (Å²) in [7, 11) is 0. The van der Waals surface area contributed by atoms with Crippen molar-refractivity contribution in [3.63, 3.8) is 0 Å². The summed E-state index contributed by atoms with van der Waals surface area (Å²) in [5.41, 5.74) is 5.17. The van der Waals surface area contributed by atoms with E-state index < -0.39 is 41.0 Å². The number of hydrogen-bond donors (Lipinski definition) is 2. The van der Waals surface area contributed by atoms with E-state index in [1.54, 1.807) is 0 Å². The van der Waals surface area contributed by atoms with Crippen molar-refractivity contribution in [1.82, 2.24) is 5.32 Å². The molecule has 7 heteroatoms. The van der Waals surface area contributed by atoms with Crippen molar-refractivity contribution in [3.8, 4) is 0 Å². The van der Waals surface area contributed by atoms with Crippen LogP contribution in [0.5, 0.6) is 0 Å². The van der Waals surface area contributed by atoms with Crippen molar-refractivity contribution in [2.24, 2.45) is 11.8 Å². The second-order valence-electron chi connectivity index (χ2n) is 5.18. The molecule has 1 saturated heterocycles. The van der Waals surface area contributed by atoms with Crippen molar-refractivity contribution in [2.45, 2.75) is 12.8 Å². The lowest BCUT2D eigenvalue weighted by atomic mass is 9.82. The molecular formula is C14H11FN2O4. The molecule has 3 rings (SSSR count). The number of piperidine rings is 1. The molecule has 1 aromatic rings. The van der Waals surface area contributed by atoms with E-state index in [-0.39, 0.29) is 29.7 Å². The molecule has 0 saturated carbocycles. The second kappa shape index (κ2) is 4.47. The Morgan fingerprint density at radius 3 is 2.33 bits per heavy atom. The molecule has 2 unspecified atom stereocenters. The third-order valence-corrected chi connectivity index (χ3v) is 3.92. The smallest absolute Gasteiger partial charge is 0.230 e. The van der Waals surface area contributed by atoms with Crippen LogP contribution in [0.25, 0.3) is 0 Å². The first-order valence-electron chi connectivity index (χ1n) is 6.41. The maximum absolute atomic E-state index is 13.5. The average molecular weight is 290 g/mol. The number of imide groups is 1. The highest BCUT2D eigenvalue weighted by molar-refractivity contribution is 6.28. The van der Waals surface area contributed by atoms with Gasteiger partial charge >= 0.3 is 0 Å². The van der Waals surface area contributed by atoms with Crippen molar-refractivity contribution in [1.29, 1.82) is 0 Å². The summed E-state index contributed by atoms with van der Waals surface area (Å²) < 4.78 is 13.5. The highest BCUT2D eigenvalue weighted by Gasteiger charge is 2.47. The summed E-state index contributed by atoms with van der Waals surface area (Å²) in [5.74, 6) is -5.09. The van der Waals surface area contributed by atoms with Crippen LogP contribution >= 0.6 is 0 Å². The van der Waals surface area contributed by atoms with Crippen LogP contribution in [0, 0.1) is 17.7 Å². The molecule has 6 nitrogen and oxygen atoms in total. The second-order valence-corrected chi connectivity index (χ2v) is 5.18. The van der Waals surface area contributed by atoms with Crippen LogP contribution in [0.3, 0.4) is 0 Å². The van der Waals surface area contributed by atoms with Gasteiger partial charge in [-0.25, -0.2) is 4.39 Å². The Morgan fingerprint density at radius 1 is 1.10 bits per heavy atom. The Morgan fingerprint density at radius 2 is 1.71 bits per heavy atom. The third-order valence-electron chi connectivity index (χ3n) is 3.92. The highest BCUT2D eigenvalue weighted by Crippen LogP contribution is 2.36. The van der Waals surface area contributed by atoms with E-state index >= 15 is 0 Å². The maximum Gasteiger partial charge on any atom is 0.230 e. The maximum atomic E-state index is 13.5. The number of hydrogen-bond acceptors (Lipinski definition) is 5. The fourth-order valence-electron chi connectivity index (χ4n) is 2.85. The molecule has 0 aromatic heterocycles. The van der Waals surface area contributed by atoms with Crippen molar-refractivity contribution < 1.29 is 23.6 Å². The molecule has 21 heavy (non-hydrogen) atoms. The number of anilines is 1. The largest absolute Gasteiger partial charge is 0.396 e. The molecule has 2 aliphatic rings. The van der Waals surface area contributed by atoms with Gasteiger partial charge in [0.05, 0.1) is 17.5 Å². The summed E-state index contributed by atoms with van der Waals surface area (Å²) in [6.07, 6.45) is 0.194. The van der Waals surface area contributed by atoms with E-state index in [9.17, 15) is 23.6 Å². The molecule has 0 spiro atoms. The molecule has 1 fully saturated rings. The lowest BCUT2D eigenvalue weighted by molar-refractivity contribution is -0.137. The summed E-state index contributed by atoms with van der Waals surface area (Å²) in [4.78, 5) is 47.6. The number of halogens is 1. The van der Waals surface area contributed by atoms with E-state index in [1.165, 1.54) is 0 Å². The first-order valence-corrected chi connectivity index (χ1v) is 6.41. The van der Waals surface area contributed by atoms with Crippen LogP contribution in [0.15, 0.2) is 12.1 Å². The minimum atomic E-state index is -1.20. The van der Waals surface area contributed by atoms with Gasteiger partial charge in [0.25, 0.3) is 0 Å². The summed E-state index contributed by atoms with van der Waals surface area (Å²) in [5, 5.41) is 2.12. The first-order chi connectivity index (χ1) is 9.90. The number of benzene rings is 1. The Bertz CT molecular complexity index is 672. The van der Waals surface area contributed by atoms with Gasteiger partial charge in [-0.15, -0.1) is 0 Å². The van der Waals surface area contributed by atoms with Crippen LogP contribution in [0.2, 0.25) is 0 Å². The summed E-state index contributed by atoms with van der Waals surface area (Å²) in [6, 6.07) is 2.05. The molecule has 3 N–H and O–H groups in total. The van der Waals surface area contributed by atoms with Gasteiger partial charge in [0.15, 0.2) is 11.6 Å². The Hall–Kier alpha value is -2.57. The molecule has 1 aliphatic heterocycles. The zero-order chi connectivity index (χ0) is 15.3. The van der Waals surface area contributed by atoms with Gasteiger partial charge in [-0.05, 0) is 18.6 Å². The van der Waals surface area contributed by atoms with Crippen molar-refractivity contribution in [2.75, 3.05) is 5.73 Å². The number of fused-ring (bicyclic) bond motifs is 1. The van der Waals surface area contributed by atoms with Crippen LogP contribution in [-0.4, -0.2) is 23.4 Å². The molecule has 1 heterocycles. The average Bonchev–Trinajstić information content (AvgIpc) is 2.64. The molecule has 1 aromatic carbocycles. The number of nitrogen functional groups attached to an aromatic ring is 1. The first kappa shape index (κ1) is 13.4. The zero-order valence-electron chi connectivity index (χ0n) is 10.8. The number of carbonyl (C=O) groups is 4. The summed E-state index contributed by atoms with van der Waals surface area (Å²) in [6.45, 7) is 0. The van der Waals surface area contributed by atoms with Gasteiger partial charge in [0, 0.05) is 17.5 Å². The van der Waals surface area contributed by atoms with E-state index in [0.717, 1.165) is 12.1 Å². The van der Waals surface area contributed by atoms with Crippen molar-refractivity contribution >= 4 is 29.1 Å². The van der Waals surface area contributed by atoms with Crippen LogP contribution in [0.1, 0.15) is 33.6 Å². The zero-order valence-corrected chi connectivity index (χ0v) is 10.8. The van der Waals surface area contributed by atoms with Gasteiger partial charge in [-0.2, -0.15) is 0 Å². The molecule has 0 radical (unpaired) electrons. The normalized spacial score (nSPS) is 25.0. The Kier molecular flexibility index (Phi) is 2.86. The molecular weight excluding hydrogens is 279 g/mol. The fourth-order valence-corrected chi connectivity index (χ4v) is 2.85. The highest BCUT2D eigenvalue weighted by atomic mass is 19.1. The predicted octanol–water partition coefficient (Wildman–Crippen LogP) is 0.456. The molecule has 1 aliphatic carbocycles. The van der Waals surface area contributed by atoms with Gasteiger partial charge in [0.2, 0.25) is 11.8 Å². The van der Waals surface area contributed by atoms with Gasteiger partial charge in [-0.3, -0.25) is 24.5 Å². The van der Waals surface area contributed by atoms with Crippen LogP contribution in [-0.2, 0) is 9.59 Å². The fraction of sp³-hybridized carbons (Fsp3) is 0.286. The third kappa shape index (κ3) is 1.93. The van der Waals surface area contributed by atoms with E-state index in [1.807, 2.05) is 0 Å². The minimum Gasteiger partial charge on any atom is -0.396 e. The van der Waals surface area contributed by atoms with Crippen LogP contribution < -0.4 is 11.1 Å². The number of amides is 2. The lowest BCUT2D eigenvalue weighted by Gasteiger charge is -2.23. The molecule has 2 atom stereocenters. The van der Waals surface area contributed by atoms with E-state index in [2.05, 4.69) is 5.32 Å². The molecule has 108 valence electrons. The number of carbonyl (C=O) groups excluding carboxylic acids is 4. The number of ketones is 2. The topological polar surface area (TPSA) is 106 Å². The lowest BCUT2D eigenvalue weighted by Crippen LogP contribution is -2.46. The number of Topliss-reactive ketones (excluding diaryl/α,β-unsaturated/α-hetero) is 2. The van der Waals surface area contributed by atoms with Gasteiger partial charge in [0.1, 0.15) is 5.82 Å². The van der Waals surface area contributed by atoms with Crippen LogP contribution in [0.4, 0.5) is 10.1 Å². The predicted molar refractivity (Wildman–Crippen MR) is 68.8 cm³/mol. The monoisotopic (exact) mass is 290 g/mol. The summed E-state index contributed by atoms with van der Waals surface area (Å²) >= 11 is 0. The number of nitrogens with two attached hydrogens (primary N) is 1. The standard InChI is InChI=1S/C14H11FN2O4/c15-8-3-6-7(4-9(8)16)13(20)11(12(6)19)5-1-2-10(18)17-14(5)21/h3-5,11H,1-2,16H2,(H,17,18,21).